The summed E-state index contributed by atoms with van der Waals surface area (Å²) in [5.74, 6) is 0.784. The zero-order chi connectivity index (χ0) is 17.8. The molecule has 0 saturated heterocycles. The molecule has 6 heteroatoms. The smallest absolute Gasteiger partial charge is 0.254 e. The number of hydrogen-bond acceptors (Lipinski definition) is 4. The Morgan fingerprint density at radius 3 is 2.68 bits per heavy atom. The molecular formula is C19H25N3O3. The van der Waals surface area contributed by atoms with Gasteiger partial charge in [0.2, 0.25) is 0 Å². The SMILES string of the molecule is COc1ccc(C(=O)N2CCCn3cnc(COC(C)C)c3C2)cc1. The van der Waals surface area contributed by atoms with E-state index in [-0.39, 0.29) is 12.0 Å². The summed E-state index contributed by atoms with van der Waals surface area (Å²) in [6.07, 6.45) is 2.92. The van der Waals surface area contributed by atoms with Crippen LogP contribution < -0.4 is 4.74 Å². The minimum Gasteiger partial charge on any atom is -0.497 e. The molecule has 1 amide bonds. The van der Waals surface area contributed by atoms with Crippen LogP contribution in [0.5, 0.6) is 5.75 Å². The Kier molecular flexibility index (Phi) is 5.38. The van der Waals surface area contributed by atoms with Gasteiger partial charge in [0.1, 0.15) is 5.75 Å². The third-order valence-corrected chi connectivity index (χ3v) is 4.38. The van der Waals surface area contributed by atoms with Gasteiger partial charge in [0.25, 0.3) is 5.91 Å². The number of aryl methyl sites for hydroxylation is 1. The molecule has 0 aliphatic carbocycles. The highest BCUT2D eigenvalue weighted by molar-refractivity contribution is 5.94. The van der Waals surface area contributed by atoms with Crippen LogP contribution in [0.1, 0.15) is 42.0 Å². The van der Waals surface area contributed by atoms with Crippen LogP contribution in [0.4, 0.5) is 0 Å². The summed E-state index contributed by atoms with van der Waals surface area (Å²) >= 11 is 0. The van der Waals surface area contributed by atoms with Gasteiger partial charge in [-0.3, -0.25) is 4.79 Å². The molecule has 0 radical (unpaired) electrons. The van der Waals surface area contributed by atoms with E-state index in [2.05, 4.69) is 9.55 Å². The van der Waals surface area contributed by atoms with Gasteiger partial charge in [-0.25, -0.2) is 4.98 Å². The van der Waals surface area contributed by atoms with Gasteiger partial charge in [0, 0.05) is 18.7 Å². The van der Waals surface area contributed by atoms with Gasteiger partial charge >= 0.3 is 0 Å². The topological polar surface area (TPSA) is 56.6 Å². The van der Waals surface area contributed by atoms with Crippen molar-refractivity contribution >= 4 is 5.91 Å². The fourth-order valence-electron chi connectivity index (χ4n) is 2.97. The van der Waals surface area contributed by atoms with E-state index in [1.807, 2.05) is 49.3 Å². The van der Waals surface area contributed by atoms with Crippen molar-refractivity contribution in [3.05, 3.63) is 47.5 Å². The van der Waals surface area contributed by atoms with Crippen molar-refractivity contribution in [3.63, 3.8) is 0 Å². The predicted molar refractivity (Wildman–Crippen MR) is 94.5 cm³/mol. The van der Waals surface area contributed by atoms with Crippen LogP contribution in [-0.4, -0.2) is 40.1 Å². The fraction of sp³-hybridized carbons (Fsp3) is 0.474. The second kappa shape index (κ2) is 7.70. The molecule has 1 aliphatic rings. The molecule has 0 unspecified atom stereocenters. The lowest BCUT2D eigenvalue weighted by Gasteiger charge is -2.21. The summed E-state index contributed by atoms with van der Waals surface area (Å²) in [5, 5.41) is 0. The number of hydrogen-bond donors (Lipinski definition) is 0. The Bertz CT molecular complexity index is 722. The molecule has 0 atom stereocenters. The number of amides is 1. The molecule has 0 bridgehead atoms. The Labute approximate surface area is 148 Å². The first-order valence-electron chi connectivity index (χ1n) is 8.66. The molecule has 134 valence electrons. The molecule has 0 fully saturated rings. The van der Waals surface area contributed by atoms with Crippen LogP contribution in [-0.2, 0) is 24.4 Å². The van der Waals surface area contributed by atoms with E-state index in [0.29, 0.717) is 18.7 Å². The molecule has 0 saturated carbocycles. The summed E-state index contributed by atoms with van der Waals surface area (Å²) < 4.78 is 13.0. The van der Waals surface area contributed by atoms with E-state index in [0.717, 1.165) is 36.6 Å². The maximum absolute atomic E-state index is 12.9. The molecule has 1 aromatic carbocycles. The molecule has 1 aromatic heterocycles. The van der Waals surface area contributed by atoms with Crippen molar-refractivity contribution < 1.29 is 14.3 Å². The highest BCUT2D eigenvalue weighted by atomic mass is 16.5. The predicted octanol–water partition coefficient (Wildman–Crippen LogP) is 2.86. The van der Waals surface area contributed by atoms with Crippen LogP contribution in [0, 0.1) is 0 Å². The van der Waals surface area contributed by atoms with Crippen LogP contribution >= 0.6 is 0 Å². The van der Waals surface area contributed by atoms with E-state index in [1.165, 1.54) is 0 Å². The van der Waals surface area contributed by atoms with Crippen molar-refractivity contribution in [1.82, 2.24) is 14.5 Å². The van der Waals surface area contributed by atoms with E-state index in [1.54, 1.807) is 7.11 Å². The van der Waals surface area contributed by atoms with Crippen LogP contribution in [0.25, 0.3) is 0 Å². The summed E-state index contributed by atoms with van der Waals surface area (Å²) in [4.78, 5) is 19.3. The van der Waals surface area contributed by atoms with Crippen LogP contribution in [0.2, 0.25) is 0 Å². The number of methoxy groups -OCH3 is 1. The molecule has 1 aliphatic heterocycles. The van der Waals surface area contributed by atoms with Gasteiger partial charge in [-0.15, -0.1) is 0 Å². The van der Waals surface area contributed by atoms with E-state index < -0.39 is 0 Å². The quantitative estimate of drug-likeness (QED) is 0.838. The maximum atomic E-state index is 12.9. The number of ether oxygens (including phenoxy) is 2. The fourth-order valence-corrected chi connectivity index (χ4v) is 2.97. The minimum absolute atomic E-state index is 0.0352. The van der Waals surface area contributed by atoms with Gasteiger partial charge < -0.3 is 18.9 Å². The average molecular weight is 343 g/mol. The molecule has 0 spiro atoms. The molecular weight excluding hydrogens is 318 g/mol. The van der Waals surface area contributed by atoms with Crippen molar-refractivity contribution in [2.75, 3.05) is 13.7 Å². The molecule has 2 aromatic rings. The number of nitrogens with zero attached hydrogens (tertiary/aromatic N) is 3. The standard InChI is InChI=1S/C19H25N3O3/c1-14(2)25-12-17-18-11-21(9-4-10-22(18)13-20-17)19(23)15-5-7-16(24-3)8-6-15/h5-8,13-14H,4,9-12H2,1-3H3. The Morgan fingerprint density at radius 2 is 2.00 bits per heavy atom. The lowest BCUT2D eigenvalue weighted by Crippen LogP contribution is -2.31. The molecule has 2 heterocycles. The number of carbonyl (C=O) groups excluding carboxylic acids is 1. The number of carbonyl (C=O) groups is 1. The second-order valence-electron chi connectivity index (χ2n) is 6.50. The summed E-state index contributed by atoms with van der Waals surface area (Å²) in [5.41, 5.74) is 2.66. The van der Waals surface area contributed by atoms with E-state index in [4.69, 9.17) is 9.47 Å². The zero-order valence-corrected chi connectivity index (χ0v) is 15.1. The largest absolute Gasteiger partial charge is 0.497 e. The third-order valence-electron chi connectivity index (χ3n) is 4.38. The van der Waals surface area contributed by atoms with Crippen molar-refractivity contribution in [1.29, 1.82) is 0 Å². The lowest BCUT2D eigenvalue weighted by atomic mass is 10.1. The average Bonchev–Trinajstić information content (AvgIpc) is 2.87. The van der Waals surface area contributed by atoms with Crippen molar-refractivity contribution in [2.45, 2.75) is 46.1 Å². The van der Waals surface area contributed by atoms with Gasteiger partial charge in [-0.1, -0.05) is 0 Å². The lowest BCUT2D eigenvalue weighted by molar-refractivity contribution is 0.0620. The van der Waals surface area contributed by atoms with Crippen LogP contribution in [0.3, 0.4) is 0 Å². The molecule has 3 rings (SSSR count). The number of benzene rings is 1. The molecule has 6 nitrogen and oxygen atoms in total. The number of rotatable bonds is 5. The summed E-state index contributed by atoms with van der Waals surface area (Å²) in [7, 11) is 1.62. The Morgan fingerprint density at radius 1 is 1.24 bits per heavy atom. The van der Waals surface area contributed by atoms with Gasteiger partial charge in [0.15, 0.2) is 0 Å². The Balaban J connectivity index is 1.77. The zero-order valence-electron chi connectivity index (χ0n) is 15.1. The number of fused-ring (bicyclic) bond motifs is 1. The Hall–Kier alpha value is -2.34. The first kappa shape index (κ1) is 17.5. The summed E-state index contributed by atoms with van der Waals surface area (Å²) in [6.45, 7) is 6.65. The molecule has 0 N–H and O–H groups in total. The monoisotopic (exact) mass is 343 g/mol. The van der Waals surface area contributed by atoms with Crippen LogP contribution in [0.15, 0.2) is 30.6 Å². The number of aromatic nitrogens is 2. The first-order valence-corrected chi connectivity index (χ1v) is 8.66. The second-order valence-corrected chi connectivity index (χ2v) is 6.50. The van der Waals surface area contributed by atoms with Gasteiger partial charge in [0.05, 0.1) is 44.1 Å². The first-order chi connectivity index (χ1) is 12.1. The maximum Gasteiger partial charge on any atom is 0.254 e. The highest BCUT2D eigenvalue weighted by Gasteiger charge is 2.23. The van der Waals surface area contributed by atoms with Crippen molar-refractivity contribution in [3.8, 4) is 5.75 Å². The normalized spacial score (nSPS) is 14.3. The van der Waals surface area contributed by atoms with Crippen molar-refractivity contribution in [2.24, 2.45) is 0 Å². The van der Waals surface area contributed by atoms with E-state index >= 15 is 0 Å². The van der Waals surface area contributed by atoms with Gasteiger partial charge in [-0.2, -0.15) is 0 Å². The minimum atomic E-state index is 0.0352. The molecule has 25 heavy (non-hydrogen) atoms. The van der Waals surface area contributed by atoms with Gasteiger partial charge in [-0.05, 0) is 44.5 Å². The third kappa shape index (κ3) is 4.02. The summed E-state index contributed by atoms with van der Waals surface area (Å²) in [6, 6.07) is 7.26. The van der Waals surface area contributed by atoms with E-state index in [9.17, 15) is 4.79 Å². The highest BCUT2D eigenvalue weighted by Crippen LogP contribution is 2.20. The number of imidazole rings is 1.